The molecule has 0 saturated carbocycles. The van der Waals surface area contributed by atoms with Crippen LogP contribution in [0.5, 0.6) is 5.75 Å². The summed E-state index contributed by atoms with van der Waals surface area (Å²) < 4.78 is 10.8. The lowest BCUT2D eigenvalue weighted by Gasteiger charge is -2.06. The molecule has 0 aliphatic heterocycles. The molecule has 1 heterocycles. The first-order valence-corrected chi connectivity index (χ1v) is 8.52. The molecular formula is C18H15Cl2N3O3. The summed E-state index contributed by atoms with van der Waals surface area (Å²) >= 11 is 11.9. The molecule has 1 amide bonds. The lowest BCUT2D eigenvalue weighted by atomic mass is 10.2. The summed E-state index contributed by atoms with van der Waals surface area (Å²) in [5.41, 5.74) is 1.25. The van der Waals surface area contributed by atoms with Crippen molar-refractivity contribution < 1.29 is 13.9 Å². The Labute approximate surface area is 160 Å². The first kappa shape index (κ1) is 18.2. The molecule has 1 N–H and O–H groups in total. The van der Waals surface area contributed by atoms with Crippen LogP contribution in [-0.2, 0) is 11.2 Å². The zero-order valence-corrected chi connectivity index (χ0v) is 15.3. The van der Waals surface area contributed by atoms with Crippen LogP contribution in [0.3, 0.4) is 0 Å². The van der Waals surface area contributed by atoms with Crippen LogP contribution < -0.4 is 10.1 Å². The maximum atomic E-state index is 12.1. The van der Waals surface area contributed by atoms with Crippen LogP contribution in [0.1, 0.15) is 12.3 Å². The third-order valence-electron chi connectivity index (χ3n) is 3.55. The van der Waals surface area contributed by atoms with E-state index in [0.29, 0.717) is 39.7 Å². The van der Waals surface area contributed by atoms with E-state index in [1.54, 1.807) is 31.4 Å². The molecule has 0 aliphatic carbocycles. The van der Waals surface area contributed by atoms with Crippen LogP contribution in [0, 0.1) is 0 Å². The van der Waals surface area contributed by atoms with Gasteiger partial charge in [-0.05, 0) is 36.4 Å². The van der Waals surface area contributed by atoms with Gasteiger partial charge in [-0.3, -0.25) is 4.79 Å². The Kier molecular flexibility index (Phi) is 5.75. The van der Waals surface area contributed by atoms with Crippen molar-refractivity contribution in [1.29, 1.82) is 0 Å². The van der Waals surface area contributed by atoms with Crippen LogP contribution in [-0.4, -0.2) is 23.2 Å². The smallest absolute Gasteiger partial charge is 0.247 e. The Hall–Kier alpha value is -2.57. The molecule has 0 fully saturated rings. The molecule has 134 valence electrons. The molecule has 26 heavy (non-hydrogen) atoms. The number of amides is 1. The topological polar surface area (TPSA) is 77.2 Å². The minimum Gasteiger partial charge on any atom is -0.497 e. The largest absolute Gasteiger partial charge is 0.497 e. The minimum absolute atomic E-state index is 0.179. The van der Waals surface area contributed by atoms with E-state index >= 15 is 0 Å². The van der Waals surface area contributed by atoms with Gasteiger partial charge in [-0.1, -0.05) is 29.3 Å². The first-order valence-electron chi connectivity index (χ1n) is 7.77. The number of carbonyl (C=O) groups is 1. The lowest BCUT2D eigenvalue weighted by Crippen LogP contribution is -2.12. The number of hydrogen-bond acceptors (Lipinski definition) is 5. The molecule has 0 saturated heterocycles. The number of halogens is 2. The Morgan fingerprint density at radius 1 is 1.19 bits per heavy atom. The van der Waals surface area contributed by atoms with E-state index in [1.807, 2.05) is 18.2 Å². The van der Waals surface area contributed by atoms with E-state index in [2.05, 4.69) is 15.5 Å². The Morgan fingerprint density at radius 3 is 2.81 bits per heavy atom. The number of aryl methyl sites for hydroxylation is 1. The van der Waals surface area contributed by atoms with Gasteiger partial charge in [0.25, 0.3) is 0 Å². The summed E-state index contributed by atoms with van der Waals surface area (Å²) in [6.07, 6.45) is 0.493. The summed E-state index contributed by atoms with van der Waals surface area (Å²) in [4.78, 5) is 12.1. The van der Waals surface area contributed by atoms with Gasteiger partial charge < -0.3 is 14.5 Å². The highest BCUT2D eigenvalue weighted by molar-refractivity contribution is 6.36. The standard InChI is InChI=1S/C18H15Cl2N3O3/c1-25-13-4-2-3-11(9-13)18-23-22-17(26-18)8-7-16(24)21-15-6-5-12(19)10-14(15)20/h2-6,9-10H,7-8H2,1H3,(H,21,24). The van der Waals surface area contributed by atoms with Gasteiger partial charge in [0.2, 0.25) is 17.7 Å². The van der Waals surface area contributed by atoms with E-state index in [9.17, 15) is 4.79 Å². The predicted molar refractivity (Wildman–Crippen MR) is 99.7 cm³/mol. The molecule has 3 rings (SSSR count). The molecule has 0 aliphatic rings. The average Bonchev–Trinajstić information content (AvgIpc) is 3.11. The molecule has 2 aromatic carbocycles. The molecule has 1 aromatic heterocycles. The van der Waals surface area contributed by atoms with Crippen LogP contribution in [0.15, 0.2) is 46.9 Å². The molecule has 0 spiro atoms. The van der Waals surface area contributed by atoms with Crippen molar-refractivity contribution in [3.63, 3.8) is 0 Å². The number of aromatic nitrogens is 2. The molecule has 0 unspecified atom stereocenters. The molecule has 0 atom stereocenters. The molecular weight excluding hydrogens is 377 g/mol. The second kappa shape index (κ2) is 8.21. The van der Waals surface area contributed by atoms with Crippen molar-refractivity contribution >= 4 is 34.8 Å². The number of ether oxygens (including phenoxy) is 1. The van der Waals surface area contributed by atoms with E-state index in [-0.39, 0.29) is 12.3 Å². The molecule has 6 nitrogen and oxygen atoms in total. The van der Waals surface area contributed by atoms with Crippen LogP contribution in [0.25, 0.3) is 11.5 Å². The number of nitrogens with zero attached hydrogens (tertiary/aromatic N) is 2. The summed E-state index contributed by atoms with van der Waals surface area (Å²) in [5.74, 6) is 1.23. The normalized spacial score (nSPS) is 10.6. The van der Waals surface area contributed by atoms with Gasteiger partial charge in [0, 0.05) is 23.4 Å². The van der Waals surface area contributed by atoms with Crippen molar-refractivity contribution in [3.8, 4) is 17.2 Å². The summed E-state index contributed by atoms with van der Waals surface area (Å²) in [6, 6.07) is 12.2. The van der Waals surface area contributed by atoms with Crippen molar-refractivity contribution in [1.82, 2.24) is 10.2 Å². The maximum Gasteiger partial charge on any atom is 0.247 e. The predicted octanol–water partition coefficient (Wildman–Crippen LogP) is 4.62. The van der Waals surface area contributed by atoms with Gasteiger partial charge in [-0.15, -0.1) is 10.2 Å². The fourth-order valence-electron chi connectivity index (χ4n) is 2.25. The van der Waals surface area contributed by atoms with Gasteiger partial charge in [0.15, 0.2) is 0 Å². The zero-order chi connectivity index (χ0) is 18.5. The number of rotatable bonds is 6. The van der Waals surface area contributed by atoms with Crippen molar-refractivity contribution in [3.05, 3.63) is 58.4 Å². The van der Waals surface area contributed by atoms with Crippen LogP contribution in [0.2, 0.25) is 10.0 Å². The van der Waals surface area contributed by atoms with Crippen LogP contribution in [0.4, 0.5) is 5.69 Å². The van der Waals surface area contributed by atoms with Gasteiger partial charge >= 0.3 is 0 Å². The highest BCUT2D eigenvalue weighted by Gasteiger charge is 2.12. The highest BCUT2D eigenvalue weighted by atomic mass is 35.5. The molecule has 3 aromatic rings. The van der Waals surface area contributed by atoms with Crippen molar-refractivity contribution in [2.24, 2.45) is 0 Å². The zero-order valence-electron chi connectivity index (χ0n) is 13.8. The lowest BCUT2D eigenvalue weighted by molar-refractivity contribution is -0.116. The fourth-order valence-corrected chi connectivity index (χ4v) is 2.71. The second-order valence-corrected chi connectivity index (χ2v) is 6.25. The Balaban J connectivity index is 1.60. The average molecular weight is 392 g/mol. The van der Waals surface area contributed by atoms with E-state index < -0.39 is 0 Å². The quantitative estimate of drug-likeness (QED) is 0.662. The highest BCUT2D eigenvalue weighted by Crippen LogP contribution is 2.26. The number of hydrogen-bond donors (Lipinski definition) is 1. The minimum atomic E-state index is -0.213. The van der Waals surface area contributed by atoms with Crippen molar-refractivity contribution in [2.75, 3.05) is 12.4 Å². The van der Waals surface area contributed by atoms with E-state index in [0.717, 1.165) is 5.56 Å². The van der Waals surface area contributed by atoms with Crippen LogP contribution >= 0.6 is 23.2 Å². The molecule has 0 bridgehead atoms. The fraction of sp³-hybridized carbons (Fsp3) is 0.167. The number of nitrogens with one attached hydrogen (secondary N) is 1. The maximum absolute atomic E-state index is 12.1. The number of benzene rings is 2. The monoisotopic (exact) mass is 391 g/mol. The Bertz CT molecular complexity index is 928. The van der Waals surface area contributed by atoms with Gasteiger partial charge in [-0.25, -0.2) is 0 Å². The number of anilines is 1. The van der Waals surface area contributed by atoms with Gasteiger partial charge in [0.05, 0.1) is 17.8 Å². The first-order chi connectivity index (χ1) is 12.5. The Morgan fingerprint density at radius 2 is 2.04 bits per heavy atom. The van der Waals surface area contributed by atoms with Crippen molar-refractivity contribution in [2.45, 2.75) is 12.8 Å². The molecule has 0 radical (unpaired) electrons. The third-order valence-corrected chi connectivity index (χ3v) is 4.10. The summed E-state index contributed by atoms with van der Waals surface area (Å²) in [5, 5.41) is 11.6. The summed E-state index contributed by atoms with van der Waals surface area (Å²) in [7, 11) is 1.59. The number of carbonyl (C=O) groups excluding carboxylic acids is 1. The molecule has 8 heteroatoms. The van der Waals surface area contributed by atoms with E-state index in [1.165, 1.54) is 0 Å². The van der Waals surface area contributed by atoms with Gasteiger partial charge in [0.1, 0.15) is 5.75 Å². The SMILES string of the molecule is COc1cccc(-c2nnc(CCC(=O)Nc3ccc(Cl)cc3Cl)o2)c1. The van der Waals surface area contributed by atoms with Gasteiger partial charge in [-0.2, -0.15) is 0 Å². The number of methoxy groups -OCH3 is 1. The third kappa shape index (κ3) is 4.53. The summed E-state index contributed by atoms with van der Waals surface area (Å²) in [6.45, 7) is 0. The van der Waals surface area contributed by atoms with E-state index in [4.69, 9.17) is 32.4 Å². The second-order valence-electron chi connectivity index (χ2n) is 5.41.